The molecular weight excluding hydrogens is 438 g/mol. The highest BCUT2D eigenvalue weighted by Crippen LogP contribution is 2.32. The van der Waals surface area contributed by atoms with E-state index in [0.717, 1.165) is 17.7 Å². The molecule has 3 aromatic carbocycles. The Hall–Kier alpha value is -4.12. The first-order chi connectivity index (χ1) is 15.0. The van der Waals surface area contributed by atoms with Crippen LogP contribution in [-0.2, 0) is 10.0 Å². The van der Waals surface area contributed by atoms with E-state index in [1.807, 2.05) is 0 Å². The van der Waals surface area contributed by atoms with E-state index in [0.29, 0.717) is 4.31 Å². The fourth-order valence-corrected chi connectivity index (χ4v) is 4.48. The number of hydrogen-bond acceptors (Lipinski definition) is 7. The monoisotopic (exact) mass is 455 g/mol. The van der Waals surface area contributed by atoms with E-state index in [4.69, 9.17) is 0 Å². The lowest BCUT2D eigenvalue weighted by Crippen LogP contribution is -2.37. The summed E-state index contributed by atoms with van der Waals surface area (Å²) in [6, 6.07) is 14.8. The van der Waals surface area contributed by atoms with Crippen LogP contribution in [0.15, 0.2) is 71.6 Å². The predicted octanol–water partition coefficient (Wildman–Crippen LogP) is 4.16. The van der Waals surface area contributed by atoms with Crippen molar-refractivity contribution in [1.29, 1.82) is 0 Å². The zero-order chi connectivity index (χ0) is 23.6. The predicted molar refractivity (Wildman–Crippen MR) is 116 cm³/mol. The summed E-state index contributed by atoms with van der Waals surface area (Å²) in [4.78, 5) is 34.3. The Morgan fingerprint density at radius 2 is 1.34 bits per heavy atom. The van der Waals surface area contributed by atoms with Crippen LogP contribution in [0.1, 0.15) is 21.5 Å². The van der Waals surface area contributed by atoms with Crippen LogP contribution in [0.2, 0.25) is 0 Å². The first-order valence-electron chi connectivity index (χ1n) is 9.19. The average molecular weight is 455 g/mol. The highest BCUT2D eigenvalue weighted by molar-refractivity contribution is 7.93. The van der Waals surface area contributed by atoms with Crippen molar-refractivity contribution in [1.82, 2.24) is 0 Å². The van der Waals surface area contributed by atoms with Gasteiger partial charge in [0.1, 0.15) is 5.56 Å². The van der Waals surface area contributed by atoms with Gasteiger partial charge in [0.2, 0.25) is 0 Å². The third kappa shape index (κ3) is 4.18. The van der Waals surface area contributed by atoms with Crippen molar-refractivity contribution >= 4 is 33.0 Å². The third-order valence-corrected chi connectivity index (χ3v) is 6.45. The Morgan fingerprint density at radius 3 is 1.81 bits per heavy atom. The van der Waals surface area contributed by atoms with E-state index < -0.39 is 42.7 Å². The fourth-order valence-electron chi connectivity index (χ4n) is 3.05. The van der Waals surface area contributed by atoms with E-state index >= 15 is 0 Å². The minimum Gasteiger partial charge on any atom is -0.268 e. The number of aryl methyl sites for hydroxylation is 1. The summed E-state index contributed by atoms with van der Waals surface area (Å²) in [5.74, 6) is -1.16. The molecule has 11 heteroatoms. The van der Waals surface area contributed by atoms with Crippen LogP contribution in [0.3, 0.4) is 0 Å². The molecule has 10 nitrogen and oxygen atoms in total. The van der Waals surface area contributed by atoms with Gasteiger partial charge in [-0.15, -0.1) is 0 Å². The highest BCUT2D eigenvalue weighted by Gasteiger charge is 2.34. The maximum Gasteiger partial charge on any atom is 0.279 e. The molecule has 1 amide bonds. The average Bonchev–Trinajstić information content (AvgIpc) is 2.75. The number of carbonyl (C=O) groups is 1. The van der Waals surface area contributed by atoms with Crippen molar-refractivity contribution in [3.8, 4) is 0 Å². The number of nitrogens with zero attached hydrogens (tertiary/aromatic N) is 3. The van der Waals surface area contributed by atoms with Crippen LogP contribution in [0, 0.1) is 34.1 Å². The van der Waals surface area contributed by atoms with Crippen molar-refractivity contribution in [2.24, 2.45) is 0 Å². The second-order valence-corrected chi connectivity index (χ2v) is 8.66. The van der Waals surface area contributed by atoms with E-state index in [9.17, 15) is 33.4 Å². The lowest BCUT2D eigenvalue weighted by Gasteiger charge is -2.23. The molecule has 0 saturated heterocycles. The Labute approximate surface area is 183 Å². The van der Waals surface area contributed by atoms with Crippen molar-refractivity contribution < 1.29 is 23.1 Å². The Morgan fingerprint density at radius 1 is 0.844 bits per heavy atom. The molecule has 0 aromatic heterocycles. The Bertz CT molecular complexity index is 1290. The van der Waals surface area contributed by atoms with Gasteiger partial charge in [0.05, 0.1) is 26.0 Å². The Kier molecular flexibility index (Phi) is 6.03. The van der Waals surface area contributed by atoms with Crippen LogP contribution in [-0.4, -0.2) is 24.2 Å². The first-order valence-corrected chi connectivity index (χ1v) is 10.6. The summed E-state index contributed by atoms with van der Waals surface area (Å²) in [6.07, 6.45) is 0. The zero-order valence-corrected chi connectivity index (χ0v) is 17.8. The maximum absolute atomic E-state index is 13.4. The molecule has 0 heterocycles. The Balaban J connectivity index is 2.27. The third-order valence-electron chi connectivity index (χ3n) is 4.73. The van der Waals surface area contributed by atoms with Gasteiger partial charge in [-0.05, 0) is 38.1 Å². The highest BCUT2D eigenvalue weighted by atomic mass is 32.2. The normalized spacial score (nSPS) is 11.1. The number of nitro groups is 2. The number of benzene rings is 3. The summed E-state index contributed by atoms with van der Waals surface area (Å²) in [6.45, 7) is 2.96. The molecule has 0 unspecified atom stereocenters. The molecule has 0 spiro atoms. The van der Waals surface area contributed by atoms with Crippen molar-refractivity contribution in [3.05, 3.63) is 104 Å². The molecule has 0 fully saturated rings. The number of hydrogen-bond donors (Lipinski definition) is 0. The molecule has 3 rings (SSSR count). The molecular formula is C21H17N3O7S. The maximum atomic E-state index is 13.4. The zero-order valence-electron chi connectivity index (χ0n) is 17.0. The number of nitro benzene ring substituents is 2. The number of anilines is 1. The number of sulfonamides is 1. The largest absolute Gasteiger partial charge is 0.279 e. The SMILES string of the molecule is Cc1ccc(N(C(=O)c2cc([N+](=O)[O-])c(C)c([N+](=O)[O-])c2)S(=O)(=O)c2ccccc2)cc1. The molecule has 0 saturated carbocycles. The van der Waals surface area contributed by atoms with Crippen LogP contribution in [0.5, 0.6) is 0 Å². The topological polar surface area (TPSA) is 141 Å². The second-order valence-electron chi connectivity index (χ2n) is 6.88. The van der Waals surface area contributed by atoms with E-state index in [1.165, 1.54) is 43.3 Å². The number of rotatable bonds is 6. The standard InChI is InChI=1S/C21H17N3O7S/c1-14-8-10-17(11-9-14)22(32(30,31)18-6-4-3-5-7-18)21(25)16-12-19(23(26)27)15(2)20(13-16)24(28)29/h3-13H,1-2H3. The van der Waals surface area contributed by atoms with Gasteiger partial charge in [-0.2, -0.15) is 4.31 Å². The van der Waals surface area contributed by atoms with Crippen LogP contribution in [0.4, 0.5) is 17.1 Å². The minimum absolute atomic E-state index is 0.0182. The molecule has 0 aliphatic carbocycles. The smallest absolute Gasteiger partial charge is 0.268 e. The van der Waals surface area contributed by atoms with E-state index in [2.05, 4.69) is 0 Å². The van der Waals surface area contributed by atoms with Crippen molar-refractivity contribution in [3.63, 3.8) is 0 Å². The molecule has 0 aliphatic heterocycles. The fraction of sp³-hybridized carbons (Fsp3) is 0.0952. The van der Waals surface area contributed by atoms with Crippen molar-refractivity contribution in [2.75, 3.05) is 4.31 Å². The summed E-state index contributed by atoms with van der Waals surface area (Å²) < 4.78 is 27.2. The van der Waals surface area contributed by atoms with Gasteiger partial charge in [0, 0.05) is 12.1 Å². The molecule has 0 radical (unpaired) electrons. The van der Waals surface area contributed by atoms with E-state index in [-0.39, 0.29) is 16.1 Å². The van der Waals surface area contributed by atoms with Gasteiger partial charge < -0.3 is 0 Å². The number of carbonyl (C=O) groups excluding carboxylic acids is 1. The lowest BCUT2D eigenvalue weighted by molar-refractivity contribution is -0.395. The van der Waals surface area contributed by atoms with Gasteiger partial charge in [-0.25, -0.2) is 8.42 Å². The summed E-state index contributed by atoms with van der Waals surface area (Å²) >= 11 is 0. The molecule has 0 aliphatic rings. The molecule has 0 bridgehead atoms. The first kappa shape index (κ1) is 22.6. The summed E-state index contributed by atoms with van der Waals surface area (Å²) in [7, 11) is -4.45. The number of amides is 1. The van der Waals surface area contributed by atoms with Gasteiger partial charge >= 0.3 is 0 Å². The van der Waals surface area contributed by atoms with E-state index in [1.54, 1.807) is 25.1 Å². The molecule has 0 atom stereocenters. The van der Waals surface area contributed by atoms with Gasteiger partial charge in [-0.3, -0.25) is 25.0 Å². The van der Waals surface area contributed by atoms with Crippen molar-refractivity contribution in [2.45, 2.75) is 18.7 Å². The molecule has 0 N–H and O–H groups in total. The summed E-state index contributed by atoms with van der Waals surface area (Å²) in [5.41, 5.74) is -1.29. The van der Waals surface area contributed by atoms with Crippen LogP contribution in [0.25, 0.3) is 0 Å². The van der Waals surface area contributed by atoms with Gasteiger partial charge in [0.15, 0.2) is 0 Å². The molecule has 164 valence electrons. The molecule has 3 aromatic rings. The van der Waals surface area contributed by atoms with Crippen LogP contribution >= 0.6 is 0 Å². The quantitative estimate of drug-likeness (QED) is 0.401. The molecule has 32 heavy (non-hydrogen) atoms. The van der Waals surface area contributed by atoms with Gasteiger partial charge in [0.25, 0.3) is 27.3 Å². The summed E-state index contributed by atoms with van der Waals surface area (Å²) in [5, 5.41) is 22.8. The van der Waals surface area contributed by atoms with Crippen LogP contribution < -0.4 is 4.31 Å². The minimum atomic E-state index is -4.45. The lowest BCUT2D eigenvalue weighted by atomic mass is 10.1. The second kappa shape index (κ2) is 8.55. The van der Waals surface area contributed by atoms with Gasteiger partial charge in [-0.1, -0.05) is 35.9 Å².